The van der Waals surface area contributed by atoms with Gasteiger partial charge in [-0.25, -0.2) is 0 Å². The third-order valence-corrected chi connectivity index (χ3v) is 3.58. The first-order valence-corrected chi connectivity index (χ1v) is 7.05. The molecule has 0 aliphatic rings. The van der Waals surface area contributed by atoms with E-state index in [-0.39, 0.29) is 0 Å². The fourth-order valence-electron chi connectivity index (χ4n) is 2.53. The Hall–Kier alpha value is -1.22. The van der Waals surface area contributed by atoms with Crippen LogP contribution in [0.2, 0.25) is 0 Å². The van der Waals surface area contributed by atoms with Crippen molar-refractivity contribution < 1.29 is 9.47 Å². The molecule has 0 amide bonds. The minimum absolute atomic E-state index is 0.298. The molecule has 0 aliphatic heterocycles. The lowest BCUT2D eigenvalue weighted by Gasteiger charge is -2.23. The molecule has 1 aromatic carbocycles. The Morgan fingerprint density at radius 3 is 2.47 bits per heavy atom. The molecule has 19 heavy (non-hydrogen) atoms. The van der Waals surface area contributed by atoms with Crippen LogP contribution in [0, 0.1) is 5.92 Å². The van der Waals surface area contributed by atoms with Crippen molar-refractivity contribution in [3.05, 3.63) is 23.8 Å². The lowest BCUT2D eigenvalue weighted by Crippen LogP contribution is -2.20. The fraction of sp³-hybridized carbons (Fsp3) is 0.625. The molecular formula is C16H27NO2. The molecular weight excluding hydrogens is 238 g/mol. The maximum absolute atomic E-state index is 5.47. The highest BCUT2D eigenvalue weighted by atomic mass is 16.5. The van der Waals surface area contributed by atoms with Crippen LogP contribution in [-0.2, 0) is 0 Å². The number of hydrogen-bond acceptors (Lipinski definition) is 3. The molecule has 0 saturated carbocycles. The van der Waals surface area contributed by atoms with Crippen molar-refractivity contribution in [2.24, 2.45) is 5.92 Å². The van der Waals surface area contributed by atoms with E-state index in [9.17, 15) is 0 Å². The molecule has 0 fully saturated rings. The highest BCUT2D eigenvalue weighted by molar-refractivity contribution is 5.42. The van der Waals surface area contributed by atoms with E-state index in [1.165, 1.54) is 18.4 Å². The summed E-state index contributed by atoms with van der Waals surface area (Å²) in [5.74, 6) is 2.49. The monoisotopic (exact) mass is 265 g/mol. The molecule has 3 heteroatoms. The van der Waals surface area contributed by atoms with Gasteiger partial charge in [0.2, 0.25) is 0 Å². The fourth-order valence-corrected chi connectivity index (χ4v) is 2.53. The van der Waals surface area contributed by atoms with Crippen molar-refractivity contribution in [3.8, 4) is 11.5 Å². The maximum Gasteiger partial charge on any atom is 0.123 e. The zero-order chi connectivity index (χ0) is 14.3. The van der Waals surface area contributed by atoms with Gasteiger partial charge in [-0.15, -0.1) is 0 Å². The van der Waals surface area contributed by atoms with Gasteiger partial charge in [0.15, 0.2) is 0 Å². The van der Waals surface area contributed by atoms with E-state index >= 15 is 0 Å². The van der Waals surface area contributed by atoms with Gasteiger partial charge in [-0.05, 0) is 37.6 Å². The summed E-state index contributed by atoms with van der Waals surface area (Å²) in [5.41, 5.74) is 1.17. The number of ether oxygens (including phenoxy) is 2. The molecule has 0 saturated heterocycles. The van der Waals surface area contributed by atoms with Crippen molar-refractivity contribution in [3.63, 3.8) is 0 Å². The second-order valence-corrected chi connectivity index (χ2v) is 5.08. The van der Waals surface area contributed by atoms with Crippen molar-refractivity contribution in [1.82, 2.24) is 5.32 Å². The van der Waals surface area contributed by atoms with Crippen LogP contribution in [0.1, 0.15) is 44.7 Å². The molecule has 108 valence electrons. The SMILES string of the molecule is CCCC(C)CC(NC)c1cc(OC)ccc1OC. The first-order valence-electron chi connectivity index (χ1n) is 7.05. The van der Waals surface area contributed by atoms with Gasteiger partial charge >= 0.3 is 0 Å². The smallest absolute Gasteiger partial charge is 0.123 e. The molecule has 3 nitrogen and oxygen atoms in total. The predicted octanol–water partition coefficient (Wildman–Crippen LogP) is 3.79. The van der Waals surface area contributed by atoms with E-state index in [0.717, 1.165) is 17.9 Å². The molecule has 0 bridgehead atoms. The lowest BCUT2D eigenvalue weighted by molar-refractivity contribution is 0.369. The summed E-state index contributed by atoms with van der Waals surface area (Å²) < 4.78 is 10.8. The number of hydrogen-bond donors (Lipinski definition) is 1. The Labute approximate surface area is 117 Å². The third kappa shape index (κ3) is 4.43. The largest absolute Gasteiger partial charge is 0.497 e. The van der Waals surface area contributed by atoms with Crippen LogP contribution in [-0.4, -0.2) is 21.3 Å². The number of rotatable bonds is 8. The Morgan fingerprint density at radius 2 is 1.95 bits per heavy atom. The van der Waals surface area contributed by atoms with E-state index in [1.54, 1.807) is 14.2 Å². The predicted molar refractivity (Wildman–Crippen MR) is 80.0 cm³/mol. The molecule has 1 N–H and O–H groups in total. The van der Waals surface area contributed by atoms with Gasteiger partial charge in [0.1, 0.15) is 11.5 Å². The van der Waals surface area contributed by atoms with E-state index in [4.69, 9.17) is 9.47 Å². The minimum Gasteiger partial charge on any atom is -0.497 e. The van der Waals surface area contributed by atoms with E-state index in [0.29, 0.717) is 12.0 Å². The Bertz CT molecular complexity index is 379. The van der Waals surface area contributed by atoms with Gasteiger partial charge in [-0.1, -0.05) is 26.7 Å². The summed E-state index contributed by atoms with van der Waals surface area (Å²) in [6.07, 6.45) is 3.59. The second kappa shape index (κ2) is 8.05. The zero-order valence-electron chi connectivity index (χ0n) is 12.8. The van der Waals surface area contributed by atoms with Gasteiger partial charge in [0.25, 0.3) is 0 Å². The molecule has 0 aromatic heterocycles. The van der Waals surface area contributed by atoms with E-state index in [2.05, 4.69) is 25.2 Å². The van der Waals surface area contributed by atoms with Gasteiger partial charge in [-0.2, -0.15) is 0 Å². The molecule has 2 unspecified atom stereocenters. The van der Waals surface area contributed by atoms with Gasteiger partial charge in [-0.3, -0.25) is 0 Å². The van der Waals surface area contributed by atoms with Gasteiger partial charge in [0.05, 0.1) is 14.2 Å². The van der Waals surface area contributed by atoms with Crippen LogP contribution in [0.4, 0.5) is 0 Å². The van der Waals surface area contributed by atoms with Crippen LogP contribution in [0.25, 0.3) is 0 Å². The van der Waals surface area contributed by atoms with E-state index in [1.807, 2.05) is 19.2 Å². The summed E-state index contributed by atoms with van der Waals surface area (Å²) in [7, 11) is 5.41. The summed E-state index contributed by atoms with van der Waals surface area (Å²) in [4.78, 5) is 0. The quantitative estimate of drug-likeness (QED) is 0.775. The average Bonchev–Trinajstić information content (AvgIpc) is 2.44. The molecule has 2 atom stereocenters. The summed E-state index contributed by atoms with van der Waals surface area (Å²) in [5, 5.41) is 3.40. The highest BCUT2D eigenvalue weighted by Crippen LogP contribution is 2.33. The molecule has 1 rings (SSSR count). The van der Waals surface area contributed by atoms with Crippen molar-refractivity contribution >= 4 is 0 Å². The van der Waals surface area contributed by atoms with Crippen LogP contribution in [0.15, 0.2) is 18.2 Å². The molecule has 0 aliphatic carbocycles. The minimum atomic E-state index is 0.298. The van der Waals surface area contributed by atoms with Crippen LogP contribution < -0.4 is 14.8 Å². The Morgan fingerprint density at radius 1 is 1.21 bits per heavy atom. The number of methoxy groups -OCH3 is 2. The number of benzene rings is 1. The lowest BCUT2D eigenvalue weighted by atomic mass is 9.92. The van der Waals surface area contributed by atoms with Crippen molar-refractivity contribution in [1.29, 1.82) is 0 Å². The zero-order valence-corrected chi connectivity index (χ0v) is 12.8. The first-order chi connectivity index (χ1) is 9.15. The van der Waals surface area contributed by atoms with Gasteiger partial charge in [0, 0.05) is 11.6 Å². The number of nitrogens with one attached hydrogen (secondary N) is 1. The maximum atomic E-state index is 5.47. The summed E-state index contributed by atoms with van der Waals surface area (Å²) in [6.45, 7) is 4.54. The Kier molecular flexibility index (Phi) is 6.71. The normalized spacial score (nSPS) is 13.9. The van der Waals surface area contributed by atoms with Crippen LogP contribution >= 0.6 is 0 Å². The summed E-state index contributed by atoms with van der Waals surface area (Å²) >= 11 is 0. The molecule has 0 radical (unpaired) electrons. The highest BCUT2D eigenvalue weighted by Gasteiger charge is 2.18. The standard InChI is InChI=1S/C16H27NO2/c1-6-7-12(2)10-15(17-3)14-11-13(18-4)8-9-16(14)19-5/h8-9,11-12,15,17H,6-7,10H2,1-5H3. The van der Waals surface area contributed by atoms with Crippen LogP contribution in [0.5, 0.6) is 11.5 Å². The van der Waals surface area contributed by atoms with E-state index < -0.39 is 0 Å². The molecule has 0 heterocycles. The summed E-state index contributed by atoms with van der Waals surface area (Å²) in [6, 6.07) is 6.28. The Balaban J connectivity index is 2.95. The van der Waals surface area contributed by atoms with Crippen LogP contribution in [0.3, 0.4) is 0 Å². The van der Waals surface area contributed by atoms with Gasteiger partial charge < -0.3 is 14.8 Å². The second-order valence-electron chi connectivity index (χ2n) is 5.08. The third-order valence-electron chi connectivity index (χ3n) is 3.58. The topological polar surface area (TPSA) is 30.5 Å². The first kappa shape index (κ1) is 15.8. The average molecular weight is 265 g/mol. The molecule has 1 aromatic rings. The molecule has 0 spiro atoms. The van der Waals surface area contributed by atoms with Crippen molar-refractivity contribution in [2.45, 2.75) is 39.2 Å². The van der Waals surface area contributed by atoms with Crippen molar-refractivity contribution in [2.75, 3.05) is 21.3 Å².